The molecule has 0 amide bonds. The van der Waals surface area contributed by atoms with Crippen molar-refractivity contribution in [1.29, 1.82) is 0 Å². The van der Waals surface area contributed by atoms with E-state index in [0.717, 1.165) is 0 Å². The van der Waals surface area contributed by atoms with Crippen LogP contribution in [0.1, 0.15) is 89.5 Å². The zero-order valence-electron chi connectivity index (χ0n) is 43.0. The zero-order chi connectivity index (χ0) is 55.6. The van der Waals surface area contributed by atoms with Gasteiger partial charge >= 0.3 is 59.7 Å². The fourth-order valence-electron chi connectivity index (χ4n) is 6.52. The lowest BCUT2D eigenvalue weighted by molar-refractivity contribution is -0.182. The maximum Gasteiger partial charge on any atom is 0.348 e. The van der Waals surface area contributed by atoms with Gasteiger partial charge in [0.2, 0.25) is 0 Å². The van der Waals surface area contributed by atoms with Gasteiger partial charge in [-0.25, -0.2) is 28.8 Å². The third kappa shape index (κ3) is 21.6. The molecule has 0 heterocycles. The van der Waals surface area contributed by atoms with Gasteiger partial charge in [-0.1, -0.05) is 135 Å². The summed E-state index contributed by atoms with van der Waals surface area (Å²) in [4.78, 5) is 131. The fraction of sp³-hybridized carbons (Fsp3) is 0.393. The second-order valence-corrected chi connectivity index (χ2v) is 17.4. The van der Waals surface area contributed by atoms with Crippen LogP contribution in [0.4, 0.5) is 0 Å². The lowest BCUT2D eigenvalue weighted by Crippen LogP contribution is -2.38. The van der Waals surface area contributed by atoms with E-state index in [1.54, 1.807) is 121 Å². The fourth-order valence-corrected chi connectivity index (χ4v) is 6.52. The largest absolute Gasteiger partial charge is 0.458 e. The van der Waals surface area contributed by atoms with E-state index in [4.69, 9.17) is 47.4 Å². The molecule has 4 aromatic rings. The molecule has 0 radical (unpaired) electrons. The molecule has 0 unspecified atom stereocenters. The van der Waals surface area contributed by atoms with Crippen LogP contribution >= 0.6 is 0 Å². The lowest BCUT2D eigenvalue weighted by atomic mass is 10.0. The third-order valence-corrected chi connectivity index (χ3v) is 10.9. The van der Waals surface area contributed by atoms with E-state index in [-0.39, 0.29) is 26.4 Å². The topological polar surface area (TPSA) is 263 Å². The average molecular weight is 1060 g/mol. The molecule has 0 aliphatic rings. The van der Waals surface area contributed by atoms with Gasteiger partial charge in [0, 0.05) is 12.8 Å². The highest BCUT2D eigenvalue weighted by atomic mass is 16.6. The Morgan fingerprint density at radius 3 is 0.763 bits per heavy atom. The Labute approximate surface area is 439 Å². The molecule has 406 valence electrons. The Morgan fingerprint density at radius 2 is 0.526 bits per heavy atom. The number of rotatable bonds is 29. The highest BCUT2D eigenvalue weighted by Gasteiger charge is 2.36. The monoisotopic (exact) mass is 1050 g/mol. The summed E-state index contributed by atoms with van der Waals surface area (Å²) in [5.41, 5.74) is 2.65. The van der Waals surface area contributed by atoms with Crippen molar-refractivity contribution < 1.29 is 95.3 Å². The molecule has 0 saturated heterocycles. The van der Waals surface area contributed by atoms with Crippen molar-refractivity contribution in [2.75, 3.05) is 0 Å². The number of carbonyl (C=O) groups is 10. The second kappa shape index (κ2) is 31.3. The molecular weight excluding hydrogens is 993 g/mol. The number of hydrogen-bond acceptors (Lipinski definition) is 20. The van der Waals surface area contributed by atoms with E-state index in [0.29, 0.717) is 22.3 Å². The van der Waals surface area contributed by atoms with E-state index in [1.807, 2.05) is 0 Å². The minimum Gasteiger partial charge on any atom is -0.458 e. The molecule has 8 atom stereocenters. The van der Waals surface area contributed by atoms with Crippen molar-refractivity contribution in [3.8, 4) is 0 Å². The SMILES string of the molecule is C[C@H](OC(=O)[C@H](C[C@H](C)C(=O)O[C@@H](C)C(=O)OCc1ccccc1)OC(=O)CCC(=O)O[C@@H](C[C@H](C)C(=O)O[C@@H](C)C(=O)OCc1ccccc1)C(=O)O[C@@H](C)C(=O)OCc1ccccc1)C(=O)OCc1ccccc1. The Bertz CT molecular complexity index is 2380. The van der Waals surface area contributed by atoms with Gasteiger partial charge in [-0.2, -0.15) is 0 Å². The van der Waals surface area contributed by atoms with E-state index in [2.05, 4.69) is 0 Å². The number of ether oxygens (including phenoxy) is 10. The second-order valence-electron chi connectivity index (χ2n) is 17.4. The standard InChI is InChI=1S/C56H62O20/c1-35(49(59)71-37(3)51(61)67-31-41-19-11-7-12-20-41)29-45(55(65)73-39(5)53(63)69-33-43-23-15-9-16-24-43)75-47(57)27-28-48(58)76-46(56(66)74-40(6)54(64)70-34-44-25-17-10-18-26-44)30-36(2)50(60)72-38(4)52(62)68-32-42-21-13-8-14-22-42/h7-26,35-40,45-46H,27-34H2,1-6H3/t35-,36-,37-,38-,39-,40-,45-,46-/m0/s1. The molecule has 0 saturated carbocycles. The molecule has 76 heavy (non-hydrogen) atoms. The molecule has 0 aromatic heterocycles. The van der Waals surface area contributed by atoms with Gasteiger partial charge in [-0.15, -0.1) is 0 Å². The molecule has 0 spiro atoms. The van der Waals surface area contributed by atoms with Crippen molar-refractivity contribution in [3.63, 3.8) is 0 Å². The number of carbonyl (C=O) groups excluding carboxylic acids is 10. The van der Waals surface area contributed by atoms with Gasteiger partial charge in [0.1, 0.15) is 26.4 Å². The molecule has 0 N–H and O–H groups in total. The van der Waals surface area contributed by atoms with Crippen LogP contribution in [-0.4, -0.2) is 96.3 Å². The highest BCUT2D eigenvalue weighted by molar-refractivity contribution is 5.87. The summed E-state index contributed by atoms with van der Waals surface area (Å²) in [6.07, 6.45) is -12.4. The molecule has 0 bridgehead atoms. The summed E-state index contributed by atoms with van der Waals surface area (Å²) in [7, 11) is 0. The maximum absolute atomic E-state index is 13.6. The van der Waals surface area contributed by atoms with Crippen LogP contribution in [0.3, 0.4) is 0 Å². The van der Waals surface area contributed by atoms with Gasteiger partial charge in [-0.3, -0.25) is 19.2 Å². The van der Waals surface area contributed by atoms with Crippen LogP contribution in [0.5, 0.6) is 0 Å². The van der Waals surface area contributed by atoms with Crippen LogP contribution in [0.2, 0.25) is 0 Å². The summed E-state index contributed by atoms with van der Waals surface area (Å²) >= 11 is 0. The Hall–Kier alpha value is -8.42. The predicted molar refractivity (Wildman–Crippen MR) is 264 cm³/mol. The molecular formula is C56H62O20. The minimum absolute atomic E-state index is 0.0981. The van der Waals surface area contributed by atoms with Crippen LogP contribution in [0.15, 0.2) is 121 Å². The number of hydrogen-bond donors (Lipinski definition) is 0. The van der Waals surface area contributed by atoms with Crippen molar-refractivity contribution in [2.45, 2.75) is 130 Å². The smallest absolute Gasteiger partial charge is 0.348 e. The van der Waals surface area contributed by atoms with E-state index < -0.39 is 134 Å². The first-order chi connectivity index (χ1) is 36.3. The summed E-state index contributed by atoms with van der Waals surface area (Å²) < 4.78 is 52.9. The van der Waals surface area contributed by atoms with E-state index >= 15 is 0 Å². The average Bonchev–Trinajstić information content (AvgIpc) is 3.42. The van der Waals surface area contributed by atoms with Crippen LogP contribution in [-0.2, 0) is 122 Å². The van der Waals surface area contributed by atoms with Crippen LogP contribution < -0.4 is 0 Å². The zero-order valence-corrected chi connectivity index (χ0v) is 43.0. The predicted octanol–water partition coefficient (Wildman–Crippen LogP) is 6.34. The molecule has 4 aromatic carbocycles. The summed E-state index contributed by atoms with van der Waals surface area (Å²) in [6, 6.07) is 34.7. The molecule has 0 fully saturated rings. The summed E-state index contributed by atoms with van der Waals surface area (Å²) in [6.45, 7) is 7.08. The first kappa shape index (κ1) is 60.1. The van der Waals surface area contributed by atoms with E-state index in [1.165, 1.54) is 41.5 Å². The quantitative estimate of drug-likeness (QED) is 0.0424. The molecule has 20 nitrogen and oxygen atoms in total. The lowest BCUT2D eigenvalue weighted by Gasteiger charge is -2.23. The van der Waals surface area contributed by atoms with Crippen molar-refractivity contribution in [2.24, 2.45) is 11.8 Å². The number of benzene rings is 4. The van der Waals surface area contributed by atoms with Crippen molar-refractivity contribution in [3.05, 3.63) is 144 Å². The van der Waals surface area contributed by atoms with Crippen molar-refractivity contribution >= 4 is 59.7 Å². The van der Waals surface area contributed by atoms with E-state index in [9.17, 15) is 47.9 Å². The molecule has 0 aliphatic heterocycles. The van der Waals surface area contributed by atoms with Crippen LogP contribution in [0, 0.1) is 11.8 Å². The van der Waals surface area contributed by atoms with Gasteiger partial charge < -0.3 is 47.4 Å². The normalized spacial score (nSPS) is 13.9. The third-order valence-electron chi connectivity index (χ3n) is 10.9. The Balaban J connectivity index is 1.42. The minimum atomic E-state index is -1.90. The molecule has 4 rings (SSSR count). The highest BCUT2D eigenvalue weighted by Crippen LogP contribution is 2.20. The first-order valence-electron chi connectivity index (χ1n) is 24.3. The van der Waals surface area contributed by atoms with Gasteiger partial charge in [0.15, 0.2) is 36.6 Å². The summed E-state index contributed by atoms with van der Waals surface area (Å²) in [5.74, 6) is -13.1. The van der Waals surface area contributed by atoms with Crippen LogP contribution in [0.25, 0.3) is 0 Å². The molecule has 0 aliphatic carbocycles. The first-order valence-corrected chi connectivity index (χ1v) is 24.3. The Morgan fingerprint density at radius 1 is 0.303 bits per heavy atom. The number of esters is 10. The Kier molecular flexibility index (Phi) is 24.8. The summed E-state index contributed by atoms with van der Waals surface area (Å²) in [5, 5.41) is 0. The van der Waals surface area contributed by atoms with Gasteiger partial charge in [0.05, 0.1) is 24.7 Å². The van der Waals surface area contributed by atoms with Gasteiger partial charge in [0.25, 0.3) is 0 Å². The van der Waals surface area contributed by atoms with Gasteiger partial charge in [-0.05, 0) is 49.9 Å². The van der Waals surface area contributed by atoms with Crippen molar-refractivity contribution in [1.82, 2.24) is 0 Å². The maximum atomic E-state index is 13.6. The molecule has 20 heteroatoms.